The van der Waals surface area contributed by atoms with Crippen molar-refractivity contribution in [1.82, 2.24) is 19.9 Å². The van der Waals surface area contributed by atoms with Gasteiger partial charge in [-0.05, 0) is 61.1 Å². The van der Waals surface area contributed by atoms with Crippen molar-refractivity contribution in [2.24, 2.45) is 0 Å². The van der Waals surface area contributed by atoms with Crippen LogP contribution in [0, 0.1) is 0 Å². The maximum absolute atomic E-state index is 9.38. The minimum atomic E-state index is 0.300. The molecule has 0 aliphatic rings. The average Bonchev–Trinajstić information content (AvgIpc) is 2.80. The fourth-order valence-electron chi connectivity index (χ4n) is 3.41. The van der Waals surface area contributed by atoms with E-state index in [9.17, 15) is 5.11 Å². The van der Waals surface area contributed by atoms with Crippen molar-refractivity contribution in [2.75, 3.05) is 0 Å². The molecule has 0 atom stereocenters. The van der Waals surface area contributed by atoms with Gasteiger partial charge in [-0.3, -0.25) is 9.97 Å². The van der Waals surface area contributed by atoms with Crippen molar-refractivity contribution >= 4 is 0 Å². The summed E-state index contributed by atoms with van der Waals surface area (Å²) in [5.41, 5.74) is 5.52. The Morgan fingerprint density at radius 3 is 2.47 bits per heavy atom. The molecule has 0 saturated heterocycles. The number of aromatic hydroxyl groups is 1. The highest BCUT2D eigenvalue weighted by molar-refractivity contribution is 5.59. The summed E-state index contributed by atoms with van der Waals surface area (Å²) in [5.74, 6) is 1.16. The zero-order valence-corrected chi connectivity index (χ0v) is 16.8. The van der Waals surface area contributed by atoms with Crippen LogP contribution in [0.15, 0.2) is 79.4 Å². The summed E-state index contributed by atoms with van der Waals surface area (Å²) >= 11 is 0. The molecule has 0 amide bonds. The van der Waals surface area contributed by atoms with Gasteiger partial charge >= 0.3 is 0 Å². The molecule has 0 aliphatic heterocycles. The molecule has 1 N–H and O–H groups in total. The van der Waals surface area contributed by atoms with Crippen LogP contribution in [0.1, 0.15) is 29.1 Å². The van der Waals surface area contributed by atoms with E-state index < -0.39 is 0 Å². The van der Waals surface area contributed by atoms with Crippen LogP contribution in [-0.4, -0.2) is 25.0 Å². The number of aryl methyl sites for hydroxylation is 4. The molecule has 4 rings (SSSR count). The van der Waals surface area contributed by atoms with Gasteiger partial charge in [0.15, 0.2) is 0 Å². The van der Waals surface area contributed by atoms with E-state index in [-0.39, 0.29) is 0 Å². The molecule has 30 heavy (non-hydrogen) atoms. The van der Waals surface area contributed by atoms with Crippen LogP contribution in [0.25, 0.3) is 11.3 Å². The van der Waals surface area contributed by atoms with Gasteiger partial charge in [-0.2, -0.15) is 0 Å². The molecule has 0 radical (unpaired) electrons. The summed E-state index contributed by atoms with van der Waals surface area (Å²) in [6.45, 7) is 0. The van der Waals surface area contributed by atoms with Crippen LogP contribution >= 0.6 is 0 Å². The van der Waals surface area contributed by atoms with Gasteiger partial charge < -0.3 is 5.11 Å². The molecule has 4 aromatic rings. The molecule has 2 aromatic carbocycles. The van der Waals surface area contributed by atoms with E-state index >= 15 is 0 Å². The highest BCUT2D eigenvalue weighted by Gasteiger charge is 2.05. The number of hydrogen-bond donors (Lipinski definition) is 1. The molecule has 0 aliphatic carbocycles. The van der Waals surface area contributed by atoms with Crippen LogP contribution in [0.2, 0.25) is 0 Å². The van der Waals surface area contributed by atoms with Crippen LogP contribution in [0.3, 0.4) is 0 Å². The lowest BCUT2D eigenvalue weighted by molar-refractivity contribution is 0.475. The fraction of sp³-hybridized carbons (Fsp3) is 0.200. The van der Waals surface area contributed by atoms with Crippen molar-refractivity contribution in [1.29, 1.82) is 0 Å². The molecule has 0 saturated carbocycles. The van der Waals surface area contributed by atoms with Crippen molar-refractivity contribution in [3.8, 4) is 17.0 Å². The molecule has 2 heterocycles. The van der Waals surface area contributed by atoms with Gasteiger partial charge in [0, 0.05) is 36.8 Å². The first-order valence-electron chi connectivity index (χ1n) is 10.2. The monoisotopic (exact) mass is 396 g/mol. The summed E-state index contributed by atoms with van der Waals surface area (Å²) < 4.78 is 0. The SMILES string of the molecule is Oc1ccc(CCCc2nccc(-c3cccc(CCc4cnccn4)c3)n2)cc1. The lowest BCUT2D eigenvalue weighted by atomic mass is 10.0. The number of nitrogens with zero attached hydrogens (tertiary/aromatic N) is 4. The molecule has 0 bridgehead atoms. The Morgan fingerprint density at radius 2 is 1.63 bits per heavy atom. The van der Waals surface area contributed by atoms with E-state index in [0.717, 1.165) is 54.9 Å². The van der Waals surface area contributed by atoms with E-state index in [1.54, 1.807) is 24.5 Å². The van der Waals surface area contributed by atoms with E-state index in [4.69, 9.17) is 4.98 Å². The van der Waals surface area contributed by atoms with Gasteiger partial charge in [-0.1, -0.05) is 30.3 Å². The Labute approximate surface area is 176 Å². The van der Waals surface area contributed by atoms with Gasteiger partial charge in [0.1, 0.15) is 11.6 Å². The number of benzene rings is 2. The third-order valence-corrected chi connectivity index (χ3v) is 5.02. The predicted octanol–water partition coefficient (Wildman–Crippen LogP) is 4.60. The number of phenolic OH excluding ortho intramolecular Hbond substituents is 1. The molecular formula is C25H24N4O. The minimum Gasteiger partial charge on any atom is -0.508 e. The van der Waals surface area contributed by atoms with Crippen LogP contribution in [0.4, 0.5) is 0 Å². The smallest absolute Gasteiger partial charge is 0.128 e. The van der Waals surface area contributed by atoms with Crippen molar-refractivity contribution in [2.45, 2.75) is 32.1 Å². The minimum absolute atomic E-state index is 0.300. The Bertz CT molecular complexity index is 1080. The summed E-state index contributed by atoms with van der Waals surface area (Å²) in [7, 11) is 0. The molecule has 5 heteroatoms. The first kappa shape index (κ1) is 19.7. The Kier molecular flexibility index (Phi) is 6.40. The van der Waals surface area contributed by atoms with Crippen molar-refractivity contribution in [3.05, 3.63) is 102 Å². The average molecular weight is 396 g/mol. The third-order valence-electron chi connectivity index (χ3n) is 5.02. The Morgan fingerprint density at radius 1 is 0.733 bits per heavy atom. The van der Waals surface area contributed by atoms with Gasteiger partial charge in [0.05, 0.1) is 11.4 Å². The van der Waals surface area contributed by atoms with E-state index in [0.29, 0.717) is 5.75 Å². The van der Waals surface area contributed by atoms with Crippen LogP contribution in [0.5, 0.6) is 5.75 Å². The summed E-state index contributed by atoms with van der Waals surface area (Å²) in [6.07, 6.45) is 11.6. The first-order chi connectivity index (χ1) is 14.8. The summed E-state index contributed by atoms with van der Waals surface area (Å²) in [6, 6.07) is 17.8. The quantitative estimate of drug-likeness (QED) is 0.471. The topological polar surface area (TPSA) is 71.8 Å². The second-order valence-electron chi connectivity index (χ2n) is 7.28. The van der Waals surface area contributed by atoms with E-state index in [1.807, 2.05) is 30.6 Å². The molecule has 2 aromatic heterocycles. The number of hydrogen-bond acceptors (Lipinski definition) is 5. The fourth-order valence-corrected chi connectivity index (χ4v) is 3.41. The largest absolute Gasteiger partial charge is 0.508 e. The maximum Gasteiger partial charge on any atom is 0.128 e. The zero-order valence-electron chi connectivity index (χ0n) is 16.8. The highest BCUT2D eigenvalue weighted by Crippen LogP contribution is 2.20. The van der Waals surface area contributed by atoms with E-state index in [2.05, 4.69) is 39.2 Å². The number of rotatable bonds is 8. The molecule has 0 fully saturated rings. The second-order valence-corrected chi connectivity index (χ2v) is 7.28. The standard InChI is InChI=1S/C25H24N4O/c30-23-11-8-19(9-12-23)3-2-6-25-28-14-13-24(29-25)21-5-1-4-20(17-21)7-10-22-18-26-15-16-27-22/h1,4-5,8-9,11-18,30H,2-3,6-7,10H2. The zero-order chi connectivity index (χ0) is 20.6. The lowest BCUT2D eigenvalue weighted by Gasteiger charge is -2.07. The van der Waals surface area contributed by atoms with E-state index in [1.165, 1.54) is 11.1 Å². The van der Waals surface area contributed by atoms with Gasteiger partial charge in [-0.15, -0.1) is 0 Å². The molecule has 150 valence electrons. The highest BCUT2D eigenvalue weighted by atomic mass is 16.3. The van der Waals surface area contributed by atoms with Crippen molar-refractivity contribution < 1.29 is 5.11 Å². The second kappa shape index (κ2) is 9.74. The third kappa shape index (κ3) is 5.47. The normalized spacial score (nSPS) is 10.8. The molecule has 0 spiro atoms. The summed E-state index contributed by atoms with van der Waals surface area (Å²) in [5, 5.41) is 9.38. The lowest BCUT2D eigenvalue weighted by Crippen LogP contribution is -1.99. The Hall–Kier alpha value is -3.60. The maximum atomic E-state index is 9.38. The predicted molar refractivity (Wildman–Crippen MR) is 117 cm³/mol. The first-order valence-corrected chi connectivity index (χ1v) is 10.2. The number of phenols is 1. The van der Waals surface area contributed by atoms with Gasteiger partial charge in [0.25, 0.3) is 0 Å². The van der Waals surface area contributed by atoms with Gasteiger partial charge in [0.2, 0.25) is 0 Å². The summed E-state index contributed by atoms with van der Waals surface area (Å²) in [4.78, 5) is 17.7. The van der Waals surface area contributed by atoms with Gasteiger partial charge in [-0.25, -0.2) is 9.97 Å². The molecule has 0 unspecified atom stereocenters. The Balaban J connectivity index is 1.38. The molecule has 5 nitrogen and oxygen atoms in total. The van der Waals surface area contributed by atoms with Crippen molar-refractivity contribution in [3.63, 3.8) is 0 Å². The molecular weight excluding hydrogens is 372 g/mol. The number of aromatic nitrogens is 4. The van der Waals surface area contributed by atoms with Crippen LogP contribution < -0.4 is 0 Å². The van der Waals surface area contributed by atoms with Crippen LogP contribution in [-0.2, 0) is 25.7 Å².